The molecule has 152 valence electrons. The summed E-state index contributed by atoms with van der Waals surface area (Å²) in [6.07, 6.45) is 1.14. The van der Waals surface area contributed by atoms with Gasteiger partial charge in [-0.3, -0.25) is 4.99 Å². The number of hydrogen-bond acceptors (Lipinski definition) is 2. The van der Waals surface area contributed by atoms with E-state index in [4.69, 9.17) is 0 Å². The van der Waals surface area contributed by atoms with Gasteiger partial charge in [-0.15, -0.1) is 0 Å². The average Bonchev–Trinajstić information content (AvgIpc) is 2.57. The molecule has 0 aliphatic heterocycles. The predicted molar refractivity (Wildman–Crippen MR) is 104 cm³/mol. The smallest absolute Gasteiger partial charge is 0.199 e. The molecule has 0 saturated heterocycles. The van der Waals surface area contributed by atoms with Crippen LogP contribution in [0.4, 0.5) is 23.2 Å². The average molecular weight is 395 g/mol. The van der Waals surface area contributed by atoms with Gasteiger partial charge in [0, 0.05) is 22.9 Å². The zero-order valence-electron chi connectivity index (χ0n) is 17.1. The lowest BCUT2D eigenvalue weighted by atomic mass is 9.79. The summed E-state index contributed by atoms with van der Waals surface area (Å²) in [5.74, 6) is -6.91. The first kappa shape index (κ1) is 21.9. The van der Waals surface area contributed by atoms with E-state index in [0.29, 0.717) is 5.56 Å². The number of aliphatic imine (C=N–C) groups is 1. The summed E-state index contributed by atoms with van der Waals surface area (Å²) in [4.78, 5) is 3.84. The third-order valence-electron chi connectivity index (χ3n) is 4.62. The minimum Gasteiger partial charge on any atom is -0.507 e. The molecule has 0 bridgehead atoms. The van der Waals surface area contributed by atoms with Crippen molar-refractivity contribution in [3.05, 3.63) is 57.7 Å². The standard InChI is InChI=1S/C22H25F4NO/c1-11-15(23)16(24)17(25)18(26)19(11)27-10-12-8-13(21(2,3)4)9-14(20(12)28)22(5,6)7/h8-10,28H,1-7H3. The molecule has 1 N–H and O–H groups in total. The second kappa shape index (κ2) is 7.22. The van der Waals surface area contributed by atoms with Gasteiger partial charge in [-0.25, -0.2) is 17.6 Å². The van der Waals surface area contributed by atoms with Crippen molar-refractivity contribution in [2.24, 2.45) is 4.99 Å². The van der Waals surface area contributed by atoms with Crippen LogP contribution in [0.1, 0.15) is 63.8 Å². The van der Waals surface area contributed by atoms with Crippen LogP contribution in [-0.2, 0) is 10.8 Å². The second-order valence-corrected chi connectivity index (χ2v) is 8.95. The highest BCUT2D eigenvalue weighted by Gasteiger charge is 2.25. The molecule has 0 spiro atoms. The number of halogens is 4. The molecule has 6 heteroatoms. The molecule has 0 atom stereocenters. The minimum absolute atomic E-state index is 0.0506. The van der Waals surface area contributed by atoms with Crippen LogP contribution >= 0.6 is 0 Å². The Bertz CT molecular complexity index is 922. The molecule has 2 rings (SSSR count). The number of benzene rings is 2. The van der Waals surface area contributed by atoms with Gasteiger partial charge in [0.2, 0.25) is 0 Å². The van der Waals surface area contributed by atoms with Gasteiger partial charge in [0.05, 0.1) is 0 Å². The van der Waals surface area contributed by atoms with Crippen LogP contribution in [-0.4, -0.2) is 11.3 Å². The van der Waals surface area contributed by atoms with E-state index in [1.54, 1.807) is 6.07 Å². The summed E-state index contributed by atoms with van der Waals surface area (Å²) in [5.41, 5.74) is 0.125. The quantitative estimate of drug-likeness (QED) is 0.264. The van der Waals surface area contributed by atoms with Gasteiger partial charge < -0.3 is 5.11 Å². The van der Waals surface area contributed by atoms with Crippen LogP contribution in [0.3, 0.4) is 0 Å². The molecule has 0 heterocycles. The van der Waals surface area contributed by atoms with Crippen LogP contribution in [0.2, 0.25) is 0 Å². The Morgan fingerprint density at radius 3 is 1.86 bits per heavy atom. The summed E-state index contributed by atoms with van der Waals surface area (Å²) >= 11 is 0. The van der Waals surface area contributed by atoms with Crippen molar-refractivity contribution >= 4 is 11.9 Å². The summed E-state index contributed by atoms with van der Waals surface area (Å²) < 4.78 is 54.8. The molecular formula is C22H25F4NO. The van der Waals surface area contributed by atoms with E-state index in [2.05, 4.69) is 4.99 Å². The van der Waals surface area contributed by atoms with E-state index in [9.17, 15) is 22.7 Å². The van der Waals surface area contributed by atoms with Crippen molar-refractivity contribution in [3.8, 4) is 5.75 Å². The van der Waals surface area contributed by atoms with Crippen LogP contribution in [0, 0.1) is 30.2 Å². The zero-order chi connectivity index (χ0) is 21.6. The van der Waals surface area contributed by atoms with Crippen molar-refractivity contribution in [1.29, 1.82) is 0 Å². The number of nitrogens with zero attached hydrogens (tertiary/aromatic N) is 1. The van der Waals surface area contributed by atoms with Crippen LogP contribution in [0.5, 0.6) is 5.75 Å². The van der Waals surface area contributed by atoms with Crippen molar-refractivity contribution in [2.45, 2.75) is 59.3 Å². The fourth-order valence-electron chi connectivity index (χ4n) is 2.78. The largest absolute Gasteiger partial charge is 0.507 e. The molecule has 0 saturated carbocycles. The Morgan fingerprint density at radius 2 is 1.36 bits per heavy atom. The molecular weight excluding hydrogens is 370 g/mol. The summed E-state index contributed by atoms with van der Waals surface area (Å²) in [6.45, 7) is 12.9. The molecule has 0 aromatic heterocycles. The van der Waals surface area contributed by atoms with E-state index in [1.807, 2.05) is 47.6 Å². The maximum atomic E-state index is 14.1. The van der Waals surface area contributed by atoms with Gasteiger partial charge in [-0.1, -0.05) is 47.6 Å². The molecule has 0 aliphatic carbocycles. The van der Waals surface area contributed by atoms with E-state index < -0.39 is 34.5 Å². The number of phenols is 1. The maximum Gasteiger partial charge on any atom is 0.199 e. The predicted octanol–water partition coefficient (Wildman–Crippen LogP) is 6.60. The van der Waals surface area contributed by atoms with Gasteiger partial charge in [0.25, 0.3) is 0 Å². The monoisotopic (exact) mass is 395 g/mol. The number of aromatic hydroxyl groups is 1. The molecule has 0 amide bonds. The van der Waals surface area contributed by atoms with Crippen molar-refractivity contribution in [1.82, 2.24) is 0 Å². The number of phenolic OH excluding ortho intramolecular Hbond substituents is 1. The van der Waals surface area contributed by atoms with Crippen LogP contribution in [0.15, 0.2) is 17.1 Å². The topological polar surface area (TPSA) is 32.6 Å². The zero-order valence-corrected chi connectivity index (χ0v) is 17.1. The van der Waals surface area contributed by atoms with Gasteiger partial charge >= 0.3 is 0 Å². The van der Waals surface area contributed by atoms with Crippen molar-refractivity contribution < 1.29 is 22.7 Å². The van der Waals surface area contributed by atoms with Crippen molar-refractivity contribution in [2.75, 3.05) is 0 Å². The Labute approximate surface area is 162 Å². The molecule has 2 nitrogen and oxygen atoms in total. The Kier molecular flexibility index (Phi) is 5.66. The van der Waals surface area contributed by atoms with Gasteiger partial charge in [0.1, 0.15) is 11.4 Å². The van der Waals surface area contributed by atoms with E-state index in [-0.39, 0.29) is 22.1 Å². The van der Waals surface area contributed by atoms with E-state index >= 15 is 0 Å². The normalized spacial score (nSPS) is 12.8. The van der Waals surface area contributed by atoms with E-state index in [0.717, 1.165) is 18.7 Å². The van der Waals surface area contributed by atoms with E-state index in [1.165, 1.54) is 0 Å². The fourth-order valence-corrected chi connectivity index (χ4v) is 2.78. The van der Waals surface area contributed by atoms with Gasteiger partial charge in [-0.2, -0.15) is 0 Å². The lowest BCUT2D eigenvalue weighted by Gasteiger charge is -2.27. The lowest BCUT2D eigenvalue weighted by molar-refractivity contribution is 0.407. The molecule has 0 radical (unpaired) electrons. The molecule has 2 aromatic rings. The highest BCUT2D eigenvalue weighted by atomic mass is 19.2. The molecule has 2 aromatic carbocycles. The molecule has 28 heavy (non-hydrogen) atoms. The minimum atomic E-state index is -1.92. The number of hydrogen-bond donors (Lipinski definition) is 1. The lowest BCUT2D eigenvalue weighted by Crippen LogP contribution is -2.17. The Morgan fingerprint density at radius 1 is 0.821 bits per heavy atom. The third kappa shape index (κ3) is 4.05. The molecule has 0 aliphatic rings. The summed E-state index contributed by atoms with van der Waals surface area (Å²) in [5, 5.41) is 10.7. The Balaban J connectivity index is 2.71. The van der Waals surface area contributed by atoms with Gasteiger partial charge in [0.15, 0.2) is 23.3 Å². The first-order chi connectivity index (χ1) is 12.7. The summed E-state index contributed by atoms with van der Waals surface area (Å²) in [6, 6.07) is 3.59. The van der Waals surface area contributed by atoms with Crippen molar-refractivity contribution in [3.63, 3.8) is 0 Å². The molecule has 0 fully saturated rings. The van der Waals surface area contributed by atoms with Crippen LogP contribution < -0.4 is 0 Å². The fraction of sp³-hybridized carbons (Fsp3) is 0.409. The second-order valence-electron chi connectivity index (χ2n) is 8.95. The SMILES string of the molecule is Cc1c(F)c(F)c(F)c(F)c1N=Cc1cc(C(C)(C)C)cc(C(C)(C)C)c1O. The first-order valence-electron chi connectivity index (χ1n) is 8.90. The maximum absolute atomic E-state index is 14.1. The highest BCUT2D eigenvalue weighted by Crippen LogP contribution is 2.37. The Hall–Kier alpha value is -2.37. The number of rotatable bonds is 2. The first-order valence-corrected chi connectivity index (χ1v) is 8.90. The molecule has 0 unspecified atom stereocenters. The van der Waals surface area contributed by atoms with Gasteiger partial charge in [-0.05, 0) is 29.4 Å². The highest BCUT2D eigenvalue weighted by molar-refractivity contribution is 5.87. The third-order valence-corrected chi connectivity index (χ3v) is 4.62. The van der Waals surface area contributed by atoms with Crippen LogP contribution in [0.25, 0.3) is 0 Å². The summed E-state index contributed by atoms with van der Waals surface area (Å²) in [7, 11) is 0.